The summed E-state index contributed by atoms with van der Waals surface area (Å²) < 4.78 is 1.42. The van der Waals surface area contributed by atoms with Gasteiger partial charge in [-0.3, -0.25) is 25.1 Å². The average molecular weight is 335 g/mol. The van der Waals surface area contributed by atoms with E-state index in [1.807, 2.05) is 12.1 Å². The van der Waals surface area contributed by atoms with Crippen LogP contribution in [0.15, 0.2) is 30.5 Å². The SMILES string of the molecule is Cn1cc(Cl)c(C(=O)NNC(=O)c2ccc(C(C)(C)C)cc2)n1. The molecule has 0 aliphatic heterocycles. The third-order valence-electron chi connectivity index (χ3n) is 3.30. The highest BCUT2D eigenvalue weighted by atomic mass is 35.5. The number of aromatic nitrogens is 2. The Bertz CT molecular complexity index is 730. The van der Waals surface area contributed by atoms with E-state index in [-0.39, 0.29) is 16.1 Å². The van der Waals surface area contributed by atoms with Gasteiger partial charge in [-0.1, -0.05) is 44.5 Å². The maximum atomic E-state index is 12.0. The number of hydrogen-bond donors (Lipinski definition) is 2. The fourth-order valence-corrected chi connectivity index (χ4v) is 2.24. The van der Waals surface area contributed by atoms with Crippen LogP contribution in [-0.2, 0) is 12.5 Å². The molecular weight excluding hydrogens is 316 g/mol. The topological polar surface area (TPSA) is 76.0 Å². The molecule has 23 heavy (non-hydrogen) atoms. The molecule has 0 unspecified atom stereocenters. The van der Waals surface area contributed by atoms with Crippen molar-refractivity contribution in [3.63, 3.8) is 0 Å². The highest BCUT2D eigenvalue weighted by Gasteiger charge is 2.17. The van der Waals surface area contributed by atoms with Crippen LogP contribution in [0.3, 0.4) is 0 Å². The lowest BCUT2D eigenvalue weighted by Gasteiger charge is -2.19. The van der Waals surface area contributed by atoms with E-state index in [4.69, 9.17) is 11.6 Å². The minimum atomic E-state index is -0.574. The van der Waals surface area contributed by atoms with Crippen LogP contribution in [-0.4, -0.2) is 21.6 Å². The van der Waals surface area contributed by atoms with Crippen molar-refractivity contribution in [3.8, 4) is 0 Å². The zero-order valence-electron chi connectivity index (χ0n) is 13.5. The van der Waals surface area contributed by atoms with Gasteiger partial charge in [0.2, 0.25) is 0 Å². The van der Waals surface area contributed by atoms with Gasteiger partial charge < -0.3 is 0 Å². The van der Waals surface area contributed by atoms with Crippen molar-refractivity contribution in [2.24, 2.45) is 7.05 Å². The zero-order valence-corrected chi connectivity index (χ0v) is 14.2. The highest BCUT2D eigenvalue weighted by Crippen LogP contribution is 2.22. The predicted molar refractivity (Wildman–Crippen MR) is 88.3 cm³/mol. The van der Waals surface area contributed by atoms with E-state index in [1.165, 1.54) is 10.9 Å². The molecule has 0 aliphatic rings. The number of amides is 2. The minimum absolute atomic E-state index is 0.0128. The van der Waals surface area contributed by atoms with E-state index in [0.717, 1.165) is 5.56 Å². The van der Waals surface area contributed by atoms with Crippen molar-refractivity contribution in [2.75, 3.05) is 0 Å². The van der Waals surface area contributed by atoms with E-state index in [1.54, 1.807) is 19.2 Å². The zero-order chi connectivity index (χ0) is 17.2. The lowest BCUT2D eigenvalue weighted by Crippen LogP contribution is -2.42. The molecule has 0 fully saturated rings. The monoisotopic (exact) mass is 334 g/mol. The summed E-state index contributed by atoms with van der Waals surface area (Å²) in [4.78, 5) is 24.0. The van der Waals surface area contributed by atoms with E-state index < -0.39 is 11.8 Å². The smallest absolute Gasteiger partial charge is 0.273 e. The lowest BCUT2D eigenvalue weighted by molar-refractivity contribution is 0.0843. The molecular formula is C16H19ClN4O2. The summed E-state index contributed by atoms with van der Waals surface area (Å²) in [5.41, 5.74) is 6.28. The molecule has 0 saturated carbocycles. The van der Waals surface area contributed by atoms with E-state index in [0.29, 0.717) is 5.56 Å². The van der Waals surface area contributed by atoms with Gasteiger partial charge >= 0.3 is 0 Å². The van der Waals surface area contributed by atoms with Gasteiger partial charge in [-0.15, -0.1) is 0 Å². The molecule has 0 spiro atoms. The average Bonchev–Trinajstić information content (AvgIpc) is 2.82. The van der Waals surface area contributed by atoms with Crippen molar-refractivity contribution in [3.05, 3.63) is 52.3 Å². The maximum Gasteiger partial charge on any atom is 0.291 e. The lowest BCUT2D eigenvalue weighted by atomic mass is 9.87. The van der Waals surface area contributed by atoms with Crippen LogP contribution in [0.4, 0.5) is 0 Å². The first-order valence-electron chi connectivity index (χ1n) is 7.09. The largest absolute Gasteiger partial charge is 0.291 e. The molecule has 7 heteroatoms. The van der Waals surface area contributed by atoms with E-state index >= 15 is 0 Å². The number of hydrogen-bond acceptors (Lipinski definition) is 3. The first-order valence-corrected chi connectivity index (χ1v) is 7.46. The first kappa shape index (κ1) is 17.0. The summed E-state index contributed by atoms with van der Waals surface area (Å²) in [7, 11) is 1.65. The maximum absolute atomic E-state index is 12.0. The Kier molecular flexibility index (Phi) is 4.75. The molecule has 0 atom stereocenters. The fourth-order valence-electron chi connectivity index (χ4n) is 1.98. The Labute approximate surface area is 139 Å². The summed E-state index contributed by atoms with van der Waals surface area (Å²) in [6, 6.07) is 7.23. The molecule has 0 saturated heterocycles. The molecule has 2 aromatic rings. The van der Waals surface area contributed by atoms with Crippen LogP contribution in [0.1, 0.15) is 47.2 Å². The number of carbonyl (C=O) groups excluding carboxylic acids is 2. The summed E-state index contributed by atoms with van der Waals surface area (Å²) in [5.74, 6) is -0.985. The molecule has 1 aromatic heterocycles. The standard InChI is InChI=1S/C16H19ClN4O2/c1-16(2,3)11-7-5-10(6-8-11)14(22)18-19-15(23)13-12(17)9-21(4)20-13/h5-9H,1-4H3,(H,18,22)(H,19,23). The molecule has 6 nitrogen and oxygen atoms in total. The molecule has 1 aromatic carbocycles. The number of halogens is 1. The number of hydrazine groups is 1. The Morgan fingerprint density at radius 1 is 1.09 bits per heavy atom. The van der Waals surface area contributed by atoms with Gasteiger partial charge in [0, 0.05) is 18.8 Å². The minimum Gasteiger partial charge on any atom is -0.273 e. The van der Waals surface area contributed by atoms with Gasteiger partial charge in [-0.25, -0.2) is 0 Å². The predicted octanol–water partition coefficient (Wildman–Crippen LogP) is 2.45. The molecule has 2 amide bonds. The van der Waals surface area contributed by atoms with Crippen LogP contribution in [0.25, 0.3) is 0 Å². The van der Waals surface area contributed by atoms with Gasteiger partial charge in [0.05, 0.1) is 5.02 Å². The van der Waals surface area contributed by atoms with Crippen LogP contribution in [0, 0.1) is 0 Å². The van der Waals surface area contributed by atoms with Crippen molar-refractivity contribution < 1.29 is 9.59 Å². The number of rotatable bonds is 2. The van der Waals surface area contributed by atoms with E-state index in [2.05, 4.69) is 36.7 Å². The van der Waals surface area contributed by atoms with Gasteiger partial charge in [0.25, 0.3) is 11.8 Å². The Hall–Kier alpha value is -2.34. The van der Waals surface area contributed by atoms with Gasteiger partial charge in [0.1, 0.15) is 0 Å². The molecule has 1 heterocycles. The number of nitrogens with one attached hydrogen (secondary N) is 2. The van der Waals surface area contributed by atoms with E-state index in [9.17, 15) is 9.59 Å². The van der Waals surface area contributed by atoms with Crippen molar-refractivity contribution >= 4 is 23.4 Å². The third-order valence-corrected chi connectivity index (χ3v) is 3.58. The number of carbonyl (C=O) groups is 2. The summed E-state index contributed by atoms with van der Waals surface area (Å²) in [6.45, 7) is 6.29. The summed E-state index contributed by atoms with van der Waals surface area (Å²) in [5, 5.41) is 4.14. The Balaban J connectivity index is 2.00. The molecule has 0 radical (unpaired) electrons. The number of aryl methyl sites for hydroxylation is 1. The second-order valence-corrected chi connectivity index (χ2v) is 6.64. The van der Waals surface area contributed by atoms with Crippen LogP contribution >= 0.6 is 11.6 Å². The van der Waals surface area contributed by atoms with Gasteiger partial charge in [-0.2, -0.15) is 5.10 Å². The summed E-state index contributed by atoms with van der Waals surface area (Å²) in [6.07, 6.45) is 1.50. The molecule has 0 bridgehead atoms. The van der Waals surface area contributed by atoms with Crippen molar-refractivity contribution in [2.45, 2.75) is 26.2 Å². The molecule has 0 aliphatic carbocycles. The quantitative estimate of drug-likeness (QED) is 0.828. The van der Waals surface area contributed by atoms with Gasteiger partial charge in [-0.05, 0) is 23.1 Å². The Morgan fingerprint density at radius 3 is 2.13 bits per heavy atom. The highest BCUT2D eigenvalue weighted by molar-refractivity contribution is 6.33. The van der Waals surface area contributed by atoms with Crippen LogP contribution in [0.5, 0.6) is 0 Å². The molecule has 122 valence electrons. The van der Waals surface area contributed by atoms with Crippen LogP contribution < -0.4 is 10.9 Å². The number of nitrogens with zero attached hydrogens (tertiary/aromatic N) is 2. The third kappa shape index (κ3) is 4.10. The second-order valence-electron chi connectivity index (χ2n) is 6.23. The van der Waals surface area contributed by atoms with Crippen molar-refractivity contribution in [1.29, 1.82) is 0 Å². The number of benzene rings is 1. The second kappa shape index (κ2) is 6.42. The van der Waals surface area contributed by atoms with Crippen molar-refractivity contribution in [1.82, 2.24) is 20.6 Å². The van der Waals surface area contributed by atoms with Crippen LogP contribution in [0.2, 0.25) is 5.02 Å². The normalized spacial score (nSPS) is 11.2. The molecule has 2 rings (SSSR count). The fraction of sp³-hybridized carbons (Fsp3) is 0.312. The van der Waals surface area contributed by atoms with Gasteiger partial charge in [0.15, 0.2) is 5.69 Å². The Morgan fingerprint density at radius 2 is 1.65 bits per heavy atom. The summed E-state index contributed by atoms with van der Waals surface area (Å²) >= 11 is 5.88. The first-order chi connectivity index (χ1) is 10.7. The molecule has 2 N–H and O–H groups in total.